The van der Waals surface area contributed by atoms with E-state index in [1.807, 2.05) is 4.90 Å². The topological polar surface area (TPSA) is 58.1 Å². The average molecular weight is 329 g/mol. The minimum Gasteiger partial charge on any atom is -0.338 e. The molecule has 6 heteroatoms. The van der Waals surface area contributed by atoms with Gasteiger partial charge in [0.2, 0.25) is 0 Å². The molecule has 1 N–H and O–H groups in total. The molecule has 4 rings (SSSR count). The summed E-state index contributed by atoms with van der Waals surface area (Å²) in [4.78, 5) is 29.8. The molecule has 1 saturated heterocycles. The van der Waals surface area contributed by atoms with Gasteiger partial charge in [-0.25, -0.2) is 0 Å². The molecule has 1 aliphatic carbocycles. The van der Waals surface area contributed by atoms with E-state index in [1.165, 1.54) is 4.57 Å². The molecule has 0 spiro atoms. The summed E-state index contributed by atoms with van der Waals surface area (Å²) in [6.07, 6.45) is 0. The summed E-state index contributed by atoms with van der Waals surface area (Å²) >= 11 is 5.14. The van der Waals surface area contributed by atoms with Gasteiger partial charge in [0.1, 0.15) is 0 Å². The molecule has 2 aromatic rings. The van der Waals surface area contributed by atoms with Gasteiger partial charge >= 0.3 is 0 Å². The van der Waals surface area contributed by atoms with Crippen LogP contribution in [0.3, 0.4) is 0 Å². The third kappa shape index (κ3) is 2.01. The van der Waals surface area contributed by atoms with Crippen LogP contribution in [0, 0.1) is 22.0 Å². The van der Waals surface area contributed by atoms with Gasteiger partial charge in [0.25, 0.3) is 11.5 Å². The van der Waals surface area contributed by atoms with Crippen molar-refractivity contribution in [1.29, 1.82) is 0 Å². The minimum atomic E-state index is -0.146. The lowest BCUT2D eigenvalue weighted by Gasteiger charge is -2.22. The molecule has 23 heavy (non-hydrogen) atoms. The van der Waals surface area contributed by atoms with Gasteiger partial charge in [-0.2, -0.15) is 0 Å². The van der Waals surface area contributed by atoms with Crippen LogP contribution in [-0.2, 0) is 7.05 Å². The molecule has 1 aromatic heterocycles. The highest BCUT2D eigenvalue weighted by molar-refractivity contribution is 7.71. The molecule has 1 saturated carbocycles. The number of carbonyl (C=O) groups excluding carboxylic acids is 1. The number of aromatic amines is 1. The van der Waals surface area contributed by atoms with Gasteiger partial charge in [0, 0.05) is 25.7 Å². The molecule has 2 fully saturated rings. The van der Waals surface area contributed by atoms with Gasteiger partial charge in [-0.1, -0.05) is 13.8 Å². The third-order valence-electron chi connectivity index (χ3n) is 5.76. The van der Waals surface area contributed by atoms with Crippen LogP contribution in [0.5, 0.6) is 0 Å². The molecule has 1 amide bonds. The quantitative estimate of drug-likeness (QED) is 0.817. The Kier molecular flexibility index (Phi) is 2.89. The maximum absolute atomic E-state index is 12.7. The van der Waals surface area contributed by atoms with Gasteiger partial charge < -0.3 is 9.88 Å². The summed E-state index contributed by atoms with van der Waals surface area (Å²) in [7, 11) is 1.64. The molecule has 5 nitrogen and oxygen atoms in total. The number of aromatic nitrogens is 2. The van der Waals surface area contributed by atoms with Gasteiger partial charge in [0.05, 0.1) is 10.9 Å². The van der Waals surface area contributed by atoms with Gasteiger partial charge in [-0.15, -0.1) is 0 Å². The second kappa shape index (κ2) is 4.54. The van der Waals surface area contributed by atoms with Crippen molar-refractivity contribution in [3.63, 3.8) is 0 Å². The van der Waals surface area contributed by atoms with E-state index in [1.54, 1.807) is 25.2 Å². The monoisotopic (exact) mass is 329 g/mol. The zero-order valence-electron chi connectivity index (χ0n) is 13.4. The number of amides is 1. The Morgan fingerprint density at radius 1 is 1.30 bits per heavy atom. The lowest BCUT2D eigenvalue weighted by atomic mass is 10.1. The molecule has 1 aromatic carbocycles. The van der Waals surface area contributed by atoms with E-state index in [-0.39, 0.29) is 11.5 Å². The number of nitrogens with one attached hydrogen (secondary N) is 1. The van der Waals surface area contributed by atoms with Crippen molar-refractivity contribution < 1.29 is 4.79 Å². The smallest absolute Gasteiger partial charge is 0.261 e. The number of hydrogen-bond acceptors (Lipinski definition) is 3. The van der Waals surface area contributed by atoms with Crippen molar-refractivity contribution >= 4 is 29.0 Å². The molecule has 0 unspecified atom stereocenters. The number of piperidine rings is 1. The number of nitrogens with zero attached hydrogens (tertiary/aromatic N) is 2. The molecule has 0 bridgehead atoms. The van der Waals surface area contributed by atoms with Gasteiger partial charge in [-0.3, -0.25) is 14.2 Å². The molecule has 0 radical (unpaired) electrons. The third-order valence-corrected chi connectivity index (χ3v) is 6.13. The summed E-state index contributed by atoms with van der Waals surface area (Å²) in [5.74, 6) is 1.30. The van der Waals surface area contributed by atoms with E-state index in [4.69, 9.17) is 12.2 Å². The van der Waals surface area contributed by atoms with Crippen molar-refractivity contribution in [2.45, 2.75) is 13.8 Å². The van der Waals surface area contributed by atoms with Crippen LogP contribution in [0.2, 0.25) is 0 Å². The number of H-pyrrole nitrogens is 1. The van der Waals surface area contributed by atoms with E-state index in [0.717, 1.165) is 13.1 Å². The summed E-state index contributed by atoms with van der Waals surface area (Å²) in [6.45, 7) is 6.22. The SMILES string of the molecule is Cn1c(=S)[nH]c2cc(C(=O)N3C[C@@H]4[C@H](C3)C4(C)C)ccc2c1=O. The number of hydrogen-bond donors (Lipinski definition) is 1. The average Bonchev–Trinajstić information content (AvgIpc) is 2.90. The normalized spacial score (nSPS) is 24.7. The van der Waals surface area contributed by atoms with Crippen LogP contribution in [-0.4, -0.2) is 33.4 Å². The number of fused-ring (bicyclic) bond motifs is 2. The molecule has 2 aliphatic rings. The summed E-state index contributed by atoms with van der Waals surface area (Å²) in [5, 5.41) is 0.544. The highest BCUT2D eigenvalue weighted by atomic mass is 32.1. The zero-order chi connectivity index (χ0) is 16.5. The van der Waals surface area contributed by atoms with Crippen LogP contribution < -0.4 is 5.56 Å². The molecule has 1 aliphatic heterocycles. The molecular weight excluding hydrogens is 310 g/mol. The first-order valence-electron chi connectivity index (χ1n) is 7.83. The van der Waals surface area contributed by atoms with E-state index in [9.17, 15) is 9.59 Å². The van der Waals surface area contributed by atoms with Crippen molar-refractivity contribution in [2.75, 3.05) is 13.1 Å². The van der Waals surface area contributed by atoms with Crippen LogP contribution >= 0.6 is 12.2 Å². The summed E-state index contributed by atoms with van der Waals surface area (Å²) in [5.41, 5.74) is 1.47. The Morgan fingerprint density at radius 3 is 2.61 bits per heavy atom. The zero-order valence-corrected chi connectivity index (χ0v) is 14.2. The van der Waals surface area contributed by atoms with Crippen molar-refractivity contribution in [2.24, 2.45) is 24.3 Å². The Bertz CT molecular complexity index is 942. The molecule has 2 atom stereocenters. The van der Waals surface area contributed by atoms with Crippen LogP contribution in [0.4, 0.5) is 0 Å². The maximum Gasteiger partial charge on any atom is 0.261 e. The molecular formula is C17H19N3O2S. The first kappa shape index (κ1) is 14.6. The van der Waals surface area contributed by atoms with Gasteiger partial charge in [0.15, 0.2) is 4.77 Å². The summed E-state index contributed by atoms with van der Waals surface area (Å²) in [6, 6.07) is 5.18. The summed E-state index contributed by atoms with van der Waals surface area (Å²) < 4.78 is 1.76. The second-order valence-corrected chi connectivity index (χ2v) is 7.69. The minimum absolute atomic E-state index is 0.0369. The predicted molar refractivity (Wildman–Crippen MR) is 91.0 cm³/mol. The maximum atomic E-state index is 12.7. The predicted octanol–water partition coefficient (Wildman–Crippen LogP) is 2.32. The van der Waals surface area contributed by atoms with Crippen LogP contribution in [0.1, 0.15) is 24.2 Å². The standard InChI is InChI=1S/C17H19N3O2S/c1-17(2)11-7-20(8-12(11)17)14(21)9-4-5-10-13(6-9)18-16(23)19(3)15(10)22/h4-6,11-12H,7-8H2,1-3H3,(H,18,23)/t11-,12+. The Hall–Kier alpha value is -1.95. The second-order valence-electron chi connectivity index (χ2n) is 7.30. The first-order valence-corrected chi connectivity index (χ1v) is 8.24. The van der Waals surface area contributed by atoms with E-state index in [2.05, 4.69) is 18.8 Å². The lowest BCUT2D eigenvalue weighted by molar-refractivity contribution is 0.0758. The Morgan fingerprint density at radius 2 is 1.96 bits per heavy atom. The van der Waals surface area contributed by atoms with E-state index < -0.39 is 0 Å². The van der Waals surface area contributed by atoms with Crippen LogP contribution in [0.15, 0.2) is 23.0 Å². The fraction of sp³-hybridized carbons (Fsp3) is 0.471. The number of rotatable bonds is 1. The highest BCUT2D eigenvalue weighted by Gasteiger charge is 2.62. The Balaban J connectivity index is 1.68. The van der Waals surface area contributed by atoms with E-state index in [0.29, 0.717) is 38.5 Å². The fourth-order valence-corrected chi connectivity index (χ4v) is 4.11. The number of carbonyl (C=O) groups is 1. The molecule has 2 heterocycles. The lowest BCUT2D eigenvalue weighted by Crippen LogP contribution is -2.32. The largest absolute Gasteiger partial charge is 0.338 e. The van der Waals surface area contributed by atoms with Crippen LogP contribution in [0.25, 0.3) is 10.9 Å². The van der Waals surface area contributed by atoms with E-state index >= 15 is 0 Å². The first-order chi connectivity index (χ1) is 10.8. The fourth-order valence-electron chi connectivity index (χ4n) is 3.92. The van der Waals surface area contributed by atoms with Gasteiger partial charge in [-0.05, 0) is 47.7 Å². The highest BCUT2D eigenvalue weighted by Crippen LogP contribution is 2.62. The molecule has 120 valence electrons. The van der Waals surface area contributed by atoms with Crippen molar-refractivity contribution in [3.8, 4) is 0 Å². The van der Waals surface area contributed by atoms with Crippen molar-refractivity contribution in [1.82, 2.24) is 14.5 Å². The Labute approximate surface area is 138 Å². The number of likely N-dealkylation sites (tertiary alicyclic amines) is 1. The van der Waals surface area contributed by atoms with Crippen molar-refractivity contribution in [3.05, 3.63) is 38.9 Å². The number of benzene rings is 1.